The van der Waals surface area contributed by atoms with E-state index in [0.717, 1.165) is 54.4 Å². The van der Waals surface area contributed by atoms with Gasteiger partial charge in [0, 0.05) is 36.3 Å². The van der Waals surface area contributed by atoms with E-state index in [4.69, 9.17) is 4.98 Å². The van der Waals surface area contributed by atoms with Crippen LogP contribution in [-0.2, 0) is 13.0 Å². The quantitative estimate of drug-likeness (QED) is 0.363. The van der Waals surface area contributed by atoms with Crippen LogP contribution in [-0.4, -0.2) is 29.0 Å². The maximum atomic E-state index is 14.0. The molecule has 2 unspecified atom stereocenters. The molecule has 2 aliphatic heterocycles. The number of hydrogen-bond acceptors (Lipinski definition) is 3. The van der Waals surface area contributed by atoms with Crippen LogP contribution in [0.3, 0.4) is 0 Å². The molecule has 0 N–H and O–H groups in total. The van der Waals surface area contributed by atoms with Crippen LogP contribution >= 0.6 is 0 Å². The highest BCUT2D eigenvalue weighted by Gasteiger charge is 2.35. The highest BCUT2D eigenvalue weighted by atomic mass is 19.2. The van der Waals surface area contributed by atoms with E-state index >= 15 is 0 Å². The monoisotopic (exact) mass is 477 g/mol. The molecule has 0 radical (unpaired) electrons. The topological polar surface area (TPSA) is 19.4 Å². The predicted molar refractivity (Wildman–Crippen MR) is 134 cm³/mol. The number of benzene rings is 2. The summed E-state index contributed by atoms with van der Waals surface area (Å²) < 4.78 is 41.5. The summed E-state index contributed by atoms with van der Waals surface area (Å²) in [7, 11) is 0. The molecular formula is C29H30F3N3. The highest BCUT2D eigenvalue weighted by Crippen LogP contribution is 2.41. The van der Waals surface area contributed by atoms with E-state index in [-0.39, 0.29) is 12.0 Å². The van der Waals surface area contributed by atoms with Gasteiger partial charge < -0.3 is 9.80 Å². The van der Waals surface area contributed by atoms with Crippen molar-refractivity contribution in [2.45, 2.75) is 51.6 Å². The number of pyridine rings is 1. The van der Waals surface area contributed by atoms with Crippen molar-refractivity contribution < 1.29 is 13.2 Å². The van der Waals surface area contributed by atoms with Crippen molar-refractivity contribution in [1.29, 1.82) is 0 Å². The number of halogens is 3. The molecule has 2 aliphatic rings. The van der Waals surface area contributed by atoms with E-state index in [1.54, 1.807) is 0 Å². The van der Waals surface area contributed by atoms with Crippen LogP contribution in [0.5, 0.6) is 0 Å². The van der Waals surface area contributed by atoms with Crippen LogP contribution in [0.2, 0.25) is 0 Å². The molecule has 3 aromatic rings. The molecule has 6 heteroatoms. The van der Waals surface area contributed by atoms with Crippen LogP contribution in [0.4, 0.5) is 19.0 Å². The average molecular weight is 478 g/mol. The molecule has 0 spiro atoms. The van der Waals surface area contributed by atoms with E-state index in [2.05, 4.69) is 53.6 Å². The van der Waals surface area contributed by atoms with Gasteiger partial charge in [-0.05, 0) is 67.1 Å². The van der Waals surface area contributed by atoms with Crippen molar-refractivity contribution in [3.63, 3.8) is 0 Å². The second-order valence-electron chi connectivity index (χ2n) is 9.56. The predicted octanol–water partition coefficient (Wildman–Crippen LogP) is 6.83. The first-order valence-corrected chi connectivity index (χ1v) is 12.3. The summed E-state index contributed by atoms with van der Waals surface area (Å²) in [6.07, 6.45) is 2.64. The number of anilines is 1. The van der Waals surface area contributed by atoms with Crippen LogP contribution in [0.15, 0.2) is 60.8 Å². The molecule has 3 heterocycles. The van der Waals surface area contributed by atoms with Gasteiger partial charge in [0.1, 0.15) is 5.82 Å². The van der Waals surface area contributed by atoms with Crippen molar-refractivity contribution in [1.82, 2.24) is 9.88 Å². The zero-order chi connectivity index (χ0) is 24.7. The van der Waals surface area contributed by atoms with Gasteiger partial charge in [-0.3, -0.25) is 0 Å². The van der Waals surface area contributed by atoms with Crippen LogP contribution in [0, 0.1) is 17.5 Å². The summed E-state index contributed by atoms with van der Waals surface area (Å²) in [6.45, 7) is 11.0. The SMILES string of the molecule is C=C1CC(c2cc(F)c(F)c(F)c2)C(C)N1Cc1nc(N2CCC2)ccc1-c1ccccc1CC. The molecule has 0 bridgehead atoms. The van der Waals surface area contributed by atoms with Gasteiger partial charge in [-0.2, -0.15) is 0 Å². The fraction of sp³-hybridized carbons (Fsp3) is 0.345. The molecule has 35 heavy (non-hydrogen) atoms. The third kappa shape index (κ3) is 4.30. The summed E-state index contributed by atoms with van der Waals surface area (Å²) in [5, 5.41) is 0. The third-order valence-electron chi connectivity index (χ3n) is 7.52. The number of likely N-dealkylation sites (tertiary alicyclic amines) is 1. The maximum absolute atomic E-state index is 14.0. The Bertz CT molecular complexity index is 1240. The molecule has 2 fully saturated rings. The zero-order valence-corrected chi connectivity index (χ0v) is 20.2. The number of rotatable bonds is 6. The van der Waals surface area contributed by atoms with E-state index < -0.39 is 17.5 Å². The smallest absolute Gasteiger partial charge is 0.194 e. The van der Waals surface area contributed by atoms with Gasteiger partial charge in [-0.25, -0.2) is 18.2 Å². The first-order chi connectivity index (χ1) is 16.9. The van der Waals surface area contributed by atoms with Gasteiger partial charge in [-0.1, -0.05) is 37.8 Å². The normalized spacial score (nSPS) is 19.9. The number of aromatic nitrogens is 1. The molecule has 3 nitrogen and oxygen atoms in total. The Labute approximate surface area is 204 Å². The maximum Gasteiger partial charge on any atom is 0.194 e. The Morgan fingerprint density at radius 1 is 1.00 bits per heavy atom. The summed E-state index contributed by atoms with van der Waals surface area (Å²) in [4.78, 5) is 9.53. The molecule has 2 atom stereocenters. The Balaban J connectivity index is 1.50. The second kappa shape index (κ2) is 9.40. The zero-order valence-electron chi connectivity index (χ0n) is 20.2. The number of aryl methyl sites for hydroxylation is 1. The average Bonchev–Trinajstić information content (AvgIpc) is 3.10. The summed E-state index contributed by atoms with van der Waals surface area (Å²) >= 11 is 0. The first kappa shape index (κ1) is 23.5. The van der Waals surface area contributed by atoms with Crippen molar-refractivity contribution in [3.8, 4) is 11.1 Å². The summed E-state index contributed by atoms with van der Waals surface area (Å²) in [5.41, 5.74) is 5.82. The summed E-state index contributed by atoms with van der Waals surface area (Å²) in [5.74, 6) is -2.95. The van der Waals surface area contributed by atoms with Gasteiger partial charge in [0.05, 0.1) is 12.2 Å². The molecule has 2 aromatic carbocycles. The van der Waals surface area contributed by atoms with Gasteiger partial charge in [0.15, 0.2) is 17.5 Å². The van der Waals surface area contributed by atoms with Crippen LogP contribution < -0.4 is 4.90 Å². The van der Waals surface area contributed by atoms with Gasteiger partial charge >= 0.3 is 0 Å². The van der Waals surface area contributed by atoms with Crippen molar-refractivity contribution >= 4 is 5.82 Å². The Kier molecular flexibility index (Phi) is 6.30. The van der Waals surface area contributed by atoms with Crippen molar-refractivity contribution in [2.24, 2.45) is 0 Å². The van der Waals surface area contributed by atoms with E-state index in [0.29, 0.717) is 18.5 Å². The standard InChI is InChI=1S/C29H30F3N3/c1-4-20-8-5-6-9-22(20)23-10-11-28(34-12-7-13-34)33-27(23)17-35-18(2)14-24(19(35)3)21-15-25(30)29(32)26(31)16-21/h5-6,8-11,15-16,19,24H,2,4,7,12-14,17H2,1,3H3. The lowest BCUT2D eigenvalue weighted by Crippen LogP contribution is -2.38. The van der Waals surface area contributed by atoms with Crippen LogP contribution in [0.25, 0.3) is 11.1 Å². The van der Waals surface area contributed by atoms with E-state index in [9.17, 15) is 13.2 Å². The van der Waals surface area contributed by atoms with Crippen LogP contribution in [0.1, 0.15) is 49.4 Å². The Morgan fingerprint density at radius 2 is 1.71 bits per heavy atom. The number of nitrogens with zero attached hydrogens (tertiary/aromatic N) is 3. The molecule has 0 amide bonds. The van der Waals surface area contributed by atoms with Gasteiger partial charge in [-0.15, -0.1) is 0 Å². The Morgan fingerprint density at radius 3 is 2.37 bits per heavy atom. The molecule has 1 aromatic heterocycles. The molecule has 0 aliphatic carbocycles. The van der Waals surface area contributed by atoms with E-state index in [1.165, 1.54) is 17.5 Å². The molecule has 5 rings (SSSR count). The lowest BCUT2D eigenvalue weighted by molar-refractivity contribution is 0.286. The Hall–Kier alpha value is -3.28. The van der Waals surface area contributed by atoms with E-state index in [1.807, 2.05) is 13.0 Å². The van der Waals surface area contributed by atoms with Crippen molar-refractivity contribution in [3.05, 3.63) is 95.1 Å². The molecular weight excluding hydrogens is 447 g/mol. The number of allylic oxidation sites excluding steroid dienone is 1. The molecule has 182 valence electrons. The minimum absolute atomic E-state index is 0.0736. The fourth-order valence-electron chi connectivity index (χ4n) is 5.32. The van der Waals surface area contributed by atoms with Crippen molar-refractivity contribution in [2.75, 3.05) is 18.0 Å². The largest absolute Gasteiger partial charge is 0.366 e. The molecule has 0 saturated carbocycles. The number of hydrogen-bond donors (Lipinski definition) is 0. The fourth-order valence-corrected chi connectivity index (χ4v) is 5.32. The minimum Gasteiger partial charge on any atom is -0.366 e. The highest BCUT2D eigenvalue weighted by molar-refractivity contribution is 5.71. The lowest BCUT2D eigenvalue weighted by Gasteiger charge is -2.33. The molecule has 2 saturated heterocycles. The lowest BCUT2D eigenvalue weighted by atomic mass is 9.92. The minimum atomic E-state index is -1.43. The summed E-state index contributed by atoms with van der Waals surface area (Å²) in [6, 6.07) is 14.8. The first-order valence-electron chi connectivity index (χ1n) is 12.3. The second-order valence-corrected chi connectivity index (χ2v) is 9.56. The van der Waals surface area contributed by atoms with Gasteiger partial charge in [0.25, 0.3) is 0 Å². The van der Waals surface area contributed by atoms with Gasteiger partial charge in [0.2, 0.25) is 0 Å². The third-order valence-corrected chi connectivity index (χ3v) is 7.52.